The van der Waals surface area contributed by atoms with E-state index in [2.05, 4.69) is 13.8 Å². The number of aliphatic hydroxyl groups excluding tert-OH is 3. The van der Waals surface area contributed by atoms with Gasteiger partial charge >= 0.3 is 0 Å². The summed E-state index contributed by atoms with van der Waals surface area (Å²) in [5.74, 6) is 1.86. The van der Waals surface area contributed by atoms with E-state index in [9.17, 15) is 15.3 Å². The highest BCUT2D eigenvalue weighted by Gasteiger charge is 2.59. The smallest absolute Gasteiger partial charge is 0.0596 e. The Morgan fingerprint density at radius 3 is 2.33 bits per heavy atom. The van der Waals surface area contributed by atoms with Crippen molar-refractivity contribution >= 4 is 0 Å². The van der Waals surface area contributed by atoms with Gasteiger partial charge in [0.05, 0.1) is 12.2 Å². The number of hydrogen-bond donors (Lipinski definition) is 3. The fraction of sp³-hybridized carbons (Fsp3) is 1.00. The summed E-state index contributed by atoms with van der Waals surface area (Å²) in [5, 5.41) is 30.2. The Morgan fingerprint density at radius 2 is 1.62 bits per heavy atom. The van der Waals surface area contributed by atoms with E-state index >= 15 is 0 Å². The molecule has 0 aliphatic heterocycles. The third kappa shape index (κ3) is 2.27. The SMILES string of the molecule is CC1(CCCO)C(O)CCC2C1CCC1(C)C(O)CCC21. The maximum Gasteiger partial charge on any atom is 0.0596 e. The molecular formula is C18H32O3. The molecule has 3 aliphatic carbocycles. The van der Waals surface area contributed by atoms with Crippen LogP contribution in [0.3, 0.4) is 0 Å². The molecule has 7 unspecified atom stereocenters. The van der Waals surface area contributed by atoms with E-state index < -0.39 is 0 Å². The predicted octanol–water partition coefficient (Wildman–Crippen LogP) is 2.72. The van der Waals surface area contributed by atoms with E-state index in [-0.39, 0.29) is 29.6 Å². The summed E-state index contributed by atoms with van der Waals surface area (Å²) in [6.07, 6.45) is 7.74. The van der Waals surface area contributed by atoms with E-state index in [0.29, 0.717) is 17.8 Å². The molecule has 3 N–H and O–H groups in total. The molecule has 0 amide bonds. The first-order chi connectivity index (χ1) is 9.93. The van der Waals surface area contributed by atoms with Crippen LogP contribution in [0.15, 0.2) is 0 Å². The molecule has 7 atom stereocenters. The molecule has 3 fully saturated rings. The minimum atomic E-state index is -0.221. The van der Waals surface area contributed by atoms with Crippen LogP contribution in [0.5, 0.6) is 0 Å². The van der Waals surface area contributed by atoms with Crippen molar-refractivity contribution in [2.45, 2.75) is 77.4 Å². The maximum absolute atomic E-state index is 10.6. The molecule has 0 spiro atoms. The van der Waals surface area contributed by atoms with Crippen LogP contribution in [0.2, 0.25) is 0 Å². The molecule has 0 bridgehead atoms. The first-order valence-corrected chi connectivity index (χ1v) is 8.90. The molecule has 3 aliphatic rings. The van der Waals surface area contributed by atoms with Crippen molar-refractivity contribution in [2.24, 2.45) is 28.6 Å². The topological polar surface area (TPSA) is 60.7 Å². The van der Waals surface area contributed by atoms with Crippen molar-refractivity contribution in [3.8, 4) is 0 Å². The van der Waals surface area contributed by atoms with Gasteiger partial charge in [0.1, 0.15) is 0 Å². The molecule has 0 saturated heterocycles. The van der Waals surface area contributed by atoms with Gasteiger partial charge in [-0.15, -0.1) is 0 Å². The van der Waals surface area contributed by atoms with Gasteiger partial charge in [-0.1, -0.05) is 13.8 Å². The zero-order chi connectivity index (χ0) is 15.3. The monoisotopic (exact) mass is 296 g/mol. The number of aliphatic hydroxyl groups is 3. The molecule has 21 heavy (non-hydrogen) atoms. The molecule has 3 saturated carbocycles. The van der Waals surface area contributed by atoms with Crippen LogP contribution >= 0.6 is 0 Å². The van der Waals surface area contributed by atoms with Crippen LogP contribution in [0.1, 0.15) is 65.2 Å². The summed E-state index contributed by atoms with van der Waals surface area (Å²) in [6, 6.07) is 0. The Kier molecular flexibility index (Phi) is 4.13. The Morgan fingerprint density at radius 1 is 0.905 bits per heavy atom. The largest absolute Gasteiger partial charge is 0.396 e. The lowest BCUT2D eigenvalue weighted by Crippen LogP contribution is -2.54. The van der Waals surface area contributed by atoms with Gasteiger partial charge in [-0.05, 0) is 80.0 Å². The summed E-state index contributed by atoms with van der Waals surface area (Å²) >= 11 is 0. The van der Waals surface area contributed by atoms with Gasteiger partial charge < -0.3 is 15.3 Å². The van der Waals surface area contributed by atoms with Gasteiger partial charge in [-0.3, -0.25) is 0 Å². The Bertz CT molecular complexity index is 385. The third-order valence-corrected chi connectivity index (χ3v) is 7.64. The van der Waals surface area contributed by atoms with Crippen molar-refractivity contribution in [2.75, 3.05) is 6.61 Å². The Hall–Kier alpha value is -0.120. The van der Waals surface area contributed by atoms with Crippen molar-refractivity contribution in [3.05, 3.63) is 0 Å². The van der Waals surface area contributed by atoms with Crippen molar-refractivity contribution in [1.82, 2.24) is 0 Å². The number of fused-ring (bicyclic) bond motifs is 3. The summed E-state index contributed by atoms with van der Waals surface area (Å²) in [4.78, 5) is 0. The maximum atomic E-state index is 10.6. The normalized spacial score (nSPS) is 53.3. The zero-order valence-corrected chi connectivity index (χ0v) is 13.6. The van der Waals surface area contributed by atoms with Gasteiger partial charge in [0.25, 0.3) is 0 Å². The van der Waals surface area contributed by atoms with Gasteiger partial charge in [-0.2, -0.15) is 0 Å². The molecule has 3 nitrogen and oxygen atoms in total. The fourth-order valence-electron chi connectivity index (χ4n) is 6.22. The van der Waals surface area contributed by atoms with Crippen LogP contribution in [-0.2, 0) is 0 Å². The van der Waals surface area contributed by atoms with E-state index in [0.717, 1.165) is 51.4 Å². The van der Waals surface area contributed by atoms with Gasteiger partial charge in [-0.25, -0.2) is 0 Å². The van der Waals surface area contributed by atoms with Crippen LogP contribution < -0.4 is 0 Å². The second-order valence-electron chi connectivity index (χ2n) is 8.44. The van der Waals surface area contributed by atoms with Crippen LogP contribution in [0, 0.1) is 28.6 Å². The summed E-state index contributed by atoms with van der Waals surface area (Å²) in [5.41, 5.74) is 0.0713. The quantitative estimate of drug-likeness (QED) is 0.750. The zero-order valence-electron chi connectivity index (χ0n) is 13.6. The lowest BCUT2D eigenvalue weighted by Gasteiger charge is -2.57. The lowest BCUT2D eigenvalue weighted by atomic mass is 9.48. The van der Waals surface area contributed by atoms with Crippen molar-refractivity contribution in [3.63, 3.8) is 0 Å². The van der Waals surface area contributed by atoms with Crippen LogP contribution in [0.25, 0.3) is 0 Å². The van der Waals surface area contributed by atoms with E-state index in [1.165, 1.54) is 0 Å². The fourth-order valence-corrected chi connectivity index (χ4v) is 6.22. The first kappa shape index (κ1) is 15.8. The van der Waals surface area contributed by atoms with Gasteiger partial charge in [0.15, 0.2) is 0 Å². The molecule has 0 radical (unpaired) electrons. The lowest BCUT2D eigenvalue weighted by molar-refractivity contribution is -0.138. The minimum Gasteiger partial charge on any atom is -0.396 e. The average molecular weight is 296 g/mol. The second kappa shape index (κ2) is 5.50. The molecular weight excluding hydrogens is 264 g/mol. The number of hydrogen-bond acceptors (Lipinski definition) is 3. The molecule has 3 rings (SSSR count). The van der Waals surface area contributed by atoms with Gasteiger partial charge in [0, 0.05) is 6.61 Å². The van der Waals surface area contributed by atoms with Crippen LogP contribution in [0.4, 0.5) is 0 Å². The molecule has 0 aromatic rings. The third-order valence-electron chi connectivity index (χ3n) is 7.64. The Balaban J connectivity index is 1.85. The Labute approximate surface area is 128 Å². The van der Waals surface area contributed by atoms with Crippen molar-refractivity contribution in [1.29, 1.82) is 0 Å². The second-order valence-corrected chi connectivity index (χ2v) is 8.44. The summed E-state index contributed by atoms with van der Waals surface area (Å²) in [7, 11) is 0. The summed E-state index contributed by atoms with van der Waals surface area (Å²) in [6.45, 7) is 4.76. The van der Waals surface area contributed by atoms with Gasteiger partial charge in [0.2, 0.25) is 0 Å². The molecule has 122 valence electrons. The molecule has 3 heteroatoms. The highest BCUT2D eigenvalue weighted by Crippen LogP contribution is 2.63. The highest BCUT2D eigenvalue weighted by molar-refractivity contribution is 5.08. The first-order valence-electron chi connectivity index (χ1n) is 8.90. The standard InChI is InChI=1S/C18H32O3/c1-17(9-3-11-19)14-8-10-18(2)13(5-7-16(18)21)12(14)4-6-15(17)20/h12-16,19-21H,3-11H2,1-2H3. The predicted molar refractivity (Wildman–Crippen MR) is 82.7 cm³/mol. The van der Waals surface area contributed by atoms with E-state index in [1.54, 1.807) is 0 Å². The van der Waals surface area contributed by atoms with Crippen molar-refractivity contribution < 1.29 is 15.3 Å². The average Bonchev–Trinajstić information content (AvgIpc) is 2.77. The van der Waals surface area contributed by atoms with E-state index in [4.69, 9.17) is 0 Å². The minimum absolute atomic E-state index is 0.0412. The highest BCUT2D eigenvalue weighted by atomic mass is 16.3. The molecule has 0 aromatic carbocycles. The molecule has 0 aromatic heterocycles. The molecule has 0 heterocycles. The number of rotatable bonds is 3. The summed E-state index contributed by atoms with van der Waals surface area (Å²) < 4.78 is 0. The van der Waals surface area contributed by atoms with Crippen LogP contribution in [-0.4, -0.2) is 34.1 Å². The van der Waals surface area contributed by atoms with E-state index in [1.807, 2.05) is 0 Å².